The van der Waals surface area contributed by atoms with Gasteiger partial charge in [-0.2, -0.15) is 0 Å². The molecule has 142 valence electrons. The van der Waals surface area contributed by atoms with E-state index in [0.29, 0.717) is 48.4 Å². The van der Waals surface area contributed by atoms with E-state index >= 15 is 0 Å². The highest BCUT2D eigenvalue weighted by Gasteiger charge is 2.27. The van der Waals surface area contributed by atoms with Crippen molar-refractivity contribution in [1.29, 1.82) is 0 Å². The summed E-state index contributed by atoms with van der Waals surface area (Å²) in [7, 11) is 0. The molecule has 1 aromatic rings. The van der Waals surface area contributed by atoms with Crippen molar-refractivity contribution in [2.75, 3.05) is 31.1 Å². The van der Waals surface area contributed by atoms with Crippen molar-refractivity contribution in [3.8, 4) is 0 Å². The largest absolute Gasteiger partial charge is 0.361 e. The van der Waals surface area contributed by atoms with E-state index in [1.54, 1.807) is 12.1 Å². The van der Waals surface area contributed by atoms with Crippen LogP contribution in [-0.2, 0) is 4.79 Å². The Bertz CT molecular complexity index is 678. The Morgan fingerprint density at radius 1 is 1.31 bits per heavy atom. The number of benzene rings is 1. The van der Waals surface area contributed by atoms with Gasteiger partial charge in [0.1, 0.15) is 5.69 Å². The molecular formula is C17H23ClN4O3S. The molecule has 0 unspecified atom stereocenters. The van der Waals surface area contributed by atoms with Gasteiger partial charge in [-0.25, -0.2) is 0 Å². The second-order valence-electron chi connectivity index (χ2n) is 6.15. The predicted molar refractivity (Wildman–Crippen MR) is 107 cm³/mol. The number of unbranched alkanes of at least 4 members (excludes halogenated alkanes) is 2. The number of thiocarbonyl (C=S) groups is 1. The molecule has 1 heterocycles. The minimum Gasteiger partial charge on any atom is -0.361 e. The van der Waals surface area contributed by atoms with Crippen molar-refractivity contribution in [2.45, 2.75) is 32.6 Å². The monoisotopic (exact) mass is 398 g/mol. The van der Waals surface area contributed by atoms with Gasteiger partial charge in [0.05, 0.1) is 9.95 Å². The molecule has 2 rings (SSSR count). The summed E-state index contributed by atoms with van der Waals surface area (Å²) in [5, 5.41) is 14.8. The molecule has 0 atom stereocenters. The van der Waals surface area contributed by atoms with Crippen molar-refractivity contribution in [3.63, 3.8) is 0 Å². The fourth-order valence-electron chi connectivity index (χ4n) is 2.89. The molecule has 0 saturated carbocycles. The zero-order valence-electron chi connectivity index (χ0n) is 14.7. The van der Waals surface area contributed by atoms with Gasteiger partial charge < -0.3 is 15.1 Å². The van der Waals surface area contributed by atoms with Crippen LogP contribution in [0.3, 0.4) is 0 Å². The summed E-state index contributed by atoms with van der Waals surface area (Å²) in [6.07, 6.45) is 3.41. The minimum absolute atomic E-state index is 0.00208. The summed E-state index contributed by atoms with van der Waals surface area (Å²) < 4.78 is 0. The molecule has 0 aromatic heterocycles. The number of anilines is 1. The maximum Gasteiger partial charge on any atom is 0.294 e. The van der Waals surface area contributed by atoms with Gasteiger partial charge in [-0.1, -0.05) is 37.4 Å². The lowest BCUT2D eigenvalue weighted by Gasteiger charge is -2.37. The Labute approximate surface area is 163 Å². The van der Waals surface area contributed by atoms with Gasteiger partial charge in [-0.05, 0) is 24.7 Å². The molecule has 0 radical (unpaired) electrons. The number of carbonyl (C=O) groups is 1. The number of nitro benzene ring substituents is 1. The highest BCUT2D eigenvalue weighted by Crippen LogP contribution is 2.35. The van der Waals surface area contributed by atoms with E-state index in [2.05, 4.69) is 12.2 Å². The molecule has 7 nitrogen and oxygen atoms in total. The third kappa shape index (κ3) is 5.28. The SMILES string of the molecule is CCCCCC(=O)NC(=S)N1CCN(c2c(Cl)cccc2[N+](=O)[O-])CC1. The maximum atomic E-state index is 11.9. The van der Waals surface area contributed by atoms with Crippen LogP contribution in [0.2, 0.25) is 5.02 Å². The van der Waals surface area contributed by atoms with Crippen molar-refractivity contribution >= 4 is 46.2 Å². The quantitative estimate of drug-likeness (QED) is 0.342. The predicted octanol–water partition coefficient (Wildman–Crippen LogP) is 3.35. The van der Waals surface area contributed by atoms with Crippen LogP contribution in [0.4, 0.5) is 11.4 Å². The van der Waals surface area contributed by atoms with E-state index in [1.165, 1.54) is 6.07 Å². The summed E-state index contributed by atoms with van der Waals surface area (Å²) in [4.78, 5) is 26.5. The van der Waals surface area contributed by atoms with Gasteiger partial charge >= 0.3 is 0 Å². The summed E-state index contributed by atoms with van der Waals surface area (Å²) >= 11 is 11.5. The highest BCUT2D eigenvalue weighted by atomic mass is 35.5. The van der Waals surface area contributed by atoms with E-state index in [0.717, 1.165) is 19.3 Å². The molecule has 1 N–H and O–H groups in total. The molecule has 1 fully saturated rings. The molecule has 26 heavy (non-hydrogen) atoms. The van der Waals surface area contributed by atoms with Crippen LogP contribution >= 0.6 is 23.8 Å². The summed E-state index contributed by atoms with van der Waals surface area (Å²) in [6.45, 7) is 4.30. The molecule has 9 heteroatoms. The molecule has 1 aliphatic heterocycles. The van der Waals surface area contributed by atoms with Crippen LogP contribution < -0.4 is 10.2 Å². The van der Waals surface area contributed by atoms with Crippen molar-refractivity contribution in [1.82, 2.24) is 10.2 Å². The van der Waals surface area contributed by atoms with E-state index in [1.807, 2.05) is 9.80 Å². The maximum absolute atomic E-state index is 11.9. The lowest BCUT2D eigenvalue weighted by Crippen LogP contribution is -2.52. The van der Waals surface area contributed by atoms with E-state index in [9.17, 15) is 14.9 Å². The van der Waals surface area contributed by atoms with Gasteiger partial charge in [0.15, 0.2) is 5.11 Å². The van der Waals surface area contributed by atoms with E-state index in [4.69, 9.17) is 23.8 Å². The Morgan fingerprint density at radius 2 is 2.00 bits per heavy atom. The number of carbonyl (C=O) groups excluding carboxylic acids is 1. The third-order valence-electron chi connectivity index (χ3n) is 4.30. The average molecular weight is 399 g/mol. The topological polar surface area (TPSA) is 78.7 Å². The molecule has 0 aliphatic carbocycles. The average Bonchev–Trinajstić information content (AvgIpc) is 2.61. The van der Waals surface area contributed by atoms with Gasteiger partial charge in [0.2, 0.25) is 5.91 Å². The van der Waals surface area contributed by atoms with Crippen LogP contribution in [0.15, 0.2) is 18.2 Å². The first-order valence-electron chi connectivity index (χ1n) is 8.70. The number of nitrogens with one attached hydrogen (secondary N) is 1. The van der Waals surface area contributed by atoms with Crippen LogP contribution in [-0.4, -0.2) is 47.0 Å². The Balaban J connectivity index is 1.92. The number of halogens is 1. The van der Waals surface area contributed by atoms with Gasteiger partial charge in [0.25, 0.3) is 5.69 Å². The van der Waals surface area contributed by atoms with Gasteiger partial charge in [-0.3, -0.25) is 14.9 Å². The number of rotatable bonds is 6. The Kier molecular flexibility index (Phi) is 7.59. The highest BCUT2D eigenvalue weighted by molar-refractivity contribution is 7.80. The third-order valence-corrected chi connectivity index (χ3v) is 4.96. The Hall–Kier alpha value is -1.93. The van der Waals surface area contributed by atoms with Crippen molar-refractivity contribution < 1.29 is 9.72 Å². The first kappa shape index (κ1) is 20.4. The lowest BCUT2D eigenvalue weighted by atomic mass is 10.2. The molecule has 1 aromatic carbocycles. The molecule has 1 amide bonds. The normalized spacial score (nSPS) is 14.2. The fraction of sp³-hybridized carbons (Fsp3) is 0.529. The molecule has 1 aliphatic rings. The number of nitro groups is 1. The molecule has 1 saturated heterocycles. The number of amides is 1. The zero-order chi connectivity index (χ0) is 19.1. The number of para-hydroxylation sites is 1. The molecular weight excluding hydrogens is 376 g/mol. The van der Waals surface area contributed by atoms with E-state index < -0.39 is 4.92 Å². The lowest BCUT2D eigenvalue weighted by molar-refractivity contribution is -0.384. The second kappa shape index (κ2) is 9.68. The van der Waals surface area contributed by atoms with Crippen molar-refractivity contribution in [2.24, 2.45) is 0 Å². The summed E-state index contributed by atoms with van der Waals surface area (Å²) in [5.74, 6) is -0.0624. The van der Waals surface area contributed by atoms with Crippen LogP contribution in [0.1, 0.15) is 32.6 Å². The first-order valence-corrected chi connectivity index (χ1v) is 9.49. The smallest absolute Gasteiger partial charge is 0.294 e. The number of nitrogens with zero attached hydrogens (tertiary/aromatic N) is 3. The number of hydrogen-bond donors (Lipinski definition) is 1. The standard InChI is InChI=1S/C17H23ClN4O3S/c1-2-3-4-8-15(23)19-17(26)21-11-9-20(10-12-21)16-13(18)6-5-7-14(16)22(24)25/h5-7H,2-4,8-12H2,1H3,(H,19,23,26). The summed E-state index contributed by atoms with van der Waals surface area (Å²) in [6, 6.07) is 4.68. The van der Waals surface area contributed by atoms with E-state index in [-0.39, 0.29) is 11.6 Å². The zero-order valence-corrected chi connectivity index (χ0v) is 16.3. The fourth-order valence-corrected chi connectivity index (χ4v) is 3.48. The van der Waals surface area contributed by atoms with Gasteiger partial charge in [-0.15, -0.1) is 0 Å². The minimum atomic E-state index is -0.422. The summed E-state index contributed by atoms with van der Waals surface area (Å²) in [5.41, 5.74) is 0.436. The number of piperazine rings is 1. The molecule has 0 bridgehead atoms. The molecule has 0 spiro atoms. The van der Waals surface area contributed by atoms with Crippen LogP contribution in [0.5, 0.6) is 0 Å². The van der Waals surface area contributed by atoms with Gasteiger partial charge in [0, 0.05) is 38.7 Å². The van der Waals surface area contributed by atoms with Crippen LogP contribution in [0.25, 0.3) is 0 Å². The van der Waals surface area contributed by atoms with Crippen LogP contribution in [0, 0.1) is 10.1 Å². The van der Waals surface area contributed by atoms with Crippen molar-refractivity contribution in [3.05, 3.63) is 33.3 Å². The second-order valence-corrected chi connectivity index (χ2v) is 6.94. The Morgan fingerprint density at radius 3 is 2.62 bits per heavy atom. The number of hydrogen-bond acceptors (Lipinski definition) is 5. The first-order chi connectivity index (χ1) is 12.4.